The van der Waals surface area contributed by atoms with Gasteiger partial charge in [0.2, 0.25) is 5.91 Å². The van der Waals surface area contributed by atoms with Crippen LogP contribution in [-0.4, -0.2) is 11.6 Å². The Morgan fingerprint density at radius 1 is 1.50 bits per heavy atom. The Kier molecular flexibility index (Phi) is 3.72. The van der Waals surface area contributed by atoms with Crippen molar-refractivity contribution >= 4 is 17.3 Å². The van der Waals surface area contributed by atoms with Crippen molar-refractivity contribution in [2.75, 3.05) is 0 Å². The maximum atomic E-state index is 12.6. The summed E-state index contributed by atoms with van der Waals surface area (Å²) in [4.78, 5) is 14.9. The number of carbonyl (C=O) groups excluding carboxylic acids is 1. The summed E-state index contributed by atoms with van der Waals surface area (Å²) in [5, 5.41) is 8.70. The molecule has 1 amide bonds. The van der Waals surface area contributed by atoms with Crippen molar-refractivity contribution in [2.24, 2.45) is 16.6 Å². The minimum absolute atomic E-state index is 0.293. The smallest absolute Gasteiger partial charge is 0.240 e. The number of carbonyl (C=O) groups is 1. The summed E-state index contributed by atoms with van der Waals surface area (Å²) in [6.07, 6.45) is 0. The number of primary amides is 1. The third-order valence-electron chi connectivity index (χ3n) is 1.96. The van der Waals surface area contributed by atoms with E-state index in [0.717, 1.165) is 0 Å². The summed E-state index contributed by atoms with van der Waals surface area (Å²) in [5.74, 6) is -2.17. The third kappa shape index (κ3) is 2.89. The Bertz CT molecular complexity index is 459. The molecule has 0 heterocycles. The van der Waals surface area contributed by atoms with E-state index in [1.807, 2.05) is 0 Å². The lowest BCUT2D eigenvalue weighted by Gasteiger charge is -2.03. The van der Waals surface area contributed by atoms with E-state index < -0.39 is 11.8 Å². The van der Waals surface area contributed by atoms with E-state index in [-0.39, 0.29) is 5.82 Å². The van der Waals surface area contributed by atoms with Gasteiger partial charge in [0.1, 0.15) is 5.82 Å². The molecule has 2 N–H and O–H groups in total. The molecule has 0 aliphatic heterocycles. The lowest BCUT2D eigenvalue weighted by Crippen LogP contribution is -2.27. The average Bonchev–Trinajstić information content (AvgIpc) is 2.22. The van der Waals surface area contributed by atoms with Crippen molar-refractivity contribution in [3.05, 3.63) is 30.1 Å². The van der Waals surface area contributed by atoms with Crippen LogP contribution in [0.15, 0.2) is 29.3 Å². The first-order valence-corrected chi connectivity index (χ1v) is 4.54. The van der Waals surface area contributed by atoms with Crippen LogP contribution in [-0.2, 0) is 4.79 Å². The van der Waals surface area contributed by atoms with Crippen LogP contribution in [0.3, 0.4) is 0 Å². The molecule has 0 radical (unpaired) electrons. The highest BCUT2D eigenvalue weighted by molar-refractivity contribution is 6.05. The molecule has 0 saturated heterocycles. The molecule has 0 aromatic heterocycles. The van der Waals surface area contributed by atoms with Crippen molar-refractivity contribution < 1.29 is 9.18 Å². The third-order valence-corrected chi connectivity index (χ3v) is 1.96. The van der Waals surface area contributed by atoms with E-state index in [1.54, 1.807) is 6.07 Å². The Hall–Kier alpha value is -2.22. The van der Waals surface area contributed by atoms with Gasteiger partial charge in [0.15, 0.2) is 5.92 Å². The number of nitriles is 1. The molecule has 0 aliphatic carbocycles. The number of rotatable bonds is 3. The maximum absolute atomic E-state index is 12.6. The number of aliphatic imine (C=N–C) groups is 1. The van der Waals surface area contributed by atoms with Crippen LogP contribution in [0, 0.1) is 23.1 Å². The van der Waals surface area contributed by atoms with Gasteiger partial charge in [0, 0.05) is 5.71 Å². The first-order chi connectivity index (χ1) is 7.54. The summed E-state index contributed by atoms with van der Waals surface area (Å²) < 4.78 is 12.6. The Morgan fingerprint density at radius 2 is 2.06 bits per heavy atom. The molecule has 0 spiro atoms. The van der Waals surface area contributed by atoms with Gasteiger partial charge in [0.25, 0.3) is 0 Å². The molecule has 4 nitrogen and oxygen atoms in total. The van der Waals surface area contributed by atoms with Gasteiger partial charge < -0.3 is 5.73 Å². The second kappa shape index (κ2) is 5.03. The summed E-state index contributed by atoms with van der Waals surface area (Å²) in [7, 11) is 0. The Morgan fingerprint density at radius 3 is 2.50 bits per heavy atom. The van der Waals surface area contributed by atoms with Gasteiger partial charge in [-0.25, -0.2) is 4.39 Å². The monoisotopic (exact) mass is 219 g/mol. The molecular weight excluding hydrogens is 209 g/mol. The maximum Gasteiger partial charge on any atom is 0.240 e. The minimum Gasteiger partial charge on any atom is -0.368 e. The van der Waals surface area contributed by atoms with E-state index in [4.69, 9.17) is 11.0 Å². The molecule has 0 fully saturated rings. The normalized spacial score (nSPS) is 12.9. The molecular formula is C11H10FN3O. The van der Waals surface area contributed by atoms with Crippen LogP contribution in [0.4, 0.5) is 10.1 Å². The zero-order valence-electron chi connectivity index (χ0n) is 8.64. The zero-order chi connectivity index (χ0) is 12.1. The van der Waals surface area contributed by atoms with Gasteiger partial charge in [-0.2, -0.15) is 5.26 Å². The fourth-order valence-electron chi connectivity index (χ4n) is 1.15. The van der Waals surface area contributed by atoms with Gasteiger partial charge in [-0.05, 0) is 31.2 Å². The Labute approximate surface area is 92.2 Å². The topological polar surface area (TPSA) is 79.2 Å². The molecule has 0 bridgehead atoms. The summed E-state index contributed by atoms with van der Waals surface area (Å²) in [6.45, 7) is 1.53. The molecule has 1 rings (SSSR count). The van der Waals surface area contributed by atoms with Gasteiger partial charge in [-0.1, -0.05) is 0 Å². The number of nitrogens with two attached hydrogens (primary N) is 1. The second-order valence-corrected chi connectivity index (χ2v) is 3.19. The van der Waals surface area contributed by atoms with Crippen molar-refractivity contribution in [1.82, 2.24) is 0 Å². The predicted molar refractivity (Wildman–Crippen MR) is 57.5 cm³/mol. The molecule has 16 heavy (non-hydrogen) atoms. The SMILES string of the molecule is CC(=Nc1ccc(F)cc1)C(C#N)C(N)=O. The highest BCUT2D eigenvalue weighted by atomic mass is 19.1. The van der Waals surface area contributed by atoms with Crippen LogP contribution in [0.5, 0.6) is 0 Å². The molecule has 0 saturated carbocycles. The summed E-state index contributed by atoms with van der Waals surface area (Å²) in [5.41, 5.74) is 5.79. The summed E-state index contributed by atoms with van der Waals surface area (Å²) >= 11 is 0. The van der Waals surface area contributed by atoms with Crippen molar-refractivity contribution in [3.63, 3.8) is 0 Å². The highest BCUT2D eigenvalue weighted by Crippen LogP contribution is 2.14. The lowest BCUT2D eigenvalue weighted by atomic mass is 10.1. The molecule has 1 atom stereocenters. The molecule has 5 heteroatoms. The van der Waals surface area contributed by atoms with Gasteiger partial charge in [0.05, 0.1) is 11.8 Å². The number of hydrogen-bond acceptors (Lipinski definition) is 3. The van der Waals surface area contributed by atoms with E-state index in [0.29, 0.717) is 11.4 Å². The number of benzene rings is 1. The lowest BCUT2D eigenvalue weighted by molar-refractivity contribution is -0.118. The highest BCUT2D eigenvalue weighted by Gasteiger charge is 2.17. The Balaban J connectivity index is 2.96. The predicted octanol–water partition coefficient (Wildman–Crippen LogP) is 1.54. The first kappa shape index (κ1) is 11.9. The molecule has 1 aromatic rings. The van der Waals surface area contributed by atoms with Gasteiger partial charge in [-0.15, -0.1) is 0 Å². The zero-order valence-corrected chi connectivity index (χ0v) is 8.64. The van der Waals surface area contributed by atoms with Crippen molar-refractivity contribution in [3.8, 4) is 6.07 Å². The number of hydrogen-bond donors (Lipinski definition) is 1. The van der Waals surface area contributed by atoms with E-state index in [1.165, 1.54) is 31.2 Å². The largest absolute Gasteiger partial charge is 0.368 e. The molecule has 1 unspecified atom stereocenters. The van der Waals surface area contributed by atoms with Crippen LogP contribution >= 0.6 is 0 Å². The standard InChI is InChI=1S/C11H10FN3O/c1-7(10(6-13)11(14)16)15-9-4-2-8(12)3-5-9/h2-5,10H,1H3,(H2,14,16). The van der Waals surface area contributed by atoms with E-state index in [9.17, 15) is 9.18 Å². The van der Waals surface area contributed by atoms with E-state index >= 15 is 0 Å². The molecule has 82 valence electrons. The molecule has 1 aromatic carbocycles. The van der Waals surface area contributed by atoms with Crippen molar-refractivity contribution in [2.45, 2.75) is 6.92 Å². The van der Waals surface area contributed by atoms with Crippen LogP contribution in [0.1, 0.15) is 6.92 Å². The van der Waals surface area contributed by atoms with Crippen LogP contribution in [0.2, 0.25) is 0 Å². The number of amides is 1. The minimum atomic E-state index is -1.05. The fourth-order valence-corrected chi connectivity index (χ4v) is 1.15. The first-order valence-electron chi connectivity index (χ1n) is 4.54. The van der Waals surface area contributed by atoms with Gasteiger partial charge >= 0.3 is 0 Å². The number of halogens is 1. The van der Waals surface area contributed by atoms with Crippen LogP contribution < -0.4 is 5.73 Å². The van der Waals surface area contributed by atoms with E-state index in [2.05, 4.69) is 4.99 Å². The average molecular weight is 219 g/mol. The van der Waals surface area contributed by atoms with Gasteiger partial charge in [-0.3, -0.25) is 9.79 Å². The quantitative estimate of drug-likeness (QED) is 0.782. The molecule has 0 aliphatic rings. The number of nitrogens with zero attached hydrogens (tertiary/aromatic N) is 2. The fraction of sp³-hybridized carbons (Fsp3) is 0.182. The van der Waals surface area contributed by atoms with Crippen LogP contribution in [0.25, 0.3) is 0 Å². The second-order valence-electron chi connectivity index (χ2n) is 3.19. The summed E-state index contributed by atoms with van der Waals surface area (Å²) in [6, 6.07) is 7.15. The van der Waals surface area contributed by atoms with Crippen molar-refractivity contribution in [1.29, 1.82) is 5.26 Å².